The first-order chi connectivity index (χ1) is 11.6. The standard InChI is InChI=1S/C15H27N2.3C2H6N.Zr/c1-13(2,3)10-11(14(4,5)6)17-12(16-10)15(7,8)9;3*1-3-2;/h1-9H3;3*1-2H3;/q4*-1;+4. The molecule has 0 saturated carbocycles. The average molecular weight is 459 g/mol. The fourth-order valence-electron chi connectivity index (χ4n) is 1.72. The van der Waals surface area contributed by atoms with E-state index in [0.29, 0.717) is 0 Å². The Morgan fingerprint density at radius 3 is 1.04 bits per heavy atom. The van der Waals surface area contributed by atoms with Gasteiger partial charge < -0.3 is 25.9 Å². The first kappa shape index (κ1) is 34.5. The quantitative estimate of drug-likeness (QED) is 0.494. The minimum atomic E-state index is 0. The fourth-order valence-corrected chi connectivity index (χ4v) is 1.72. The van der Waals surface area contributed by atoms with Crippen LogP contribution < -0.4 is 4.98 Å². The van der Waals surface area contributed by atoms with Crippen LogP contribution in [-0.2, 0) is 42.4 Å². The summed E-state index contributed by atoms with van der Waals surface area (Å²) in [6, 6.07) is 0. The second-order valence-electron chi connectivity index (χ2n) is 9.34. The molecule has 27 heavy (non-hydrogen) atoms. The molecule has 0 aromatic carbocycles. The van der Waals surface area contributed by atoms with Gasteiger partial charge in [-0.3, -0.25) is 0 Å². The van der Waals surface area contributed by atoms with Crippen LogP contribution in [0.25, 0.3) is 16.0 Å². The molecule has 1 heterocycles. The predicted octanol–water partition coefficient (Wildman–Crippen LogP) is 5.79. The smallest absolute Gasteiger partial charge is 0.668 e. The first-order valence-corrected chi connectivity index (χ1v) is 9.08. The van der Waals surface area contributed by atoms with E-state index in [0.717, 1.165) is 17.2 Å². The van der Waals surface area contributed by atoms with Crippen molar-refractivity contribution in [1.29, 1.82) is 0 Å². The van der Waals surface area contributed by atoms with Gasteiger partial charge in [-0.2, -0.15) is 42.3 Å². The van der Waals surface area contributed by atoms with Crippen molar-refractivity contribution in [3.8, 4) is 0 Å². The van der Waals surface area contributed by atoms with Crippen LogP contribution in [0, 0.1) is 0 Å². The molecule has 1 rings (SSSR count). The van der Waals surface area contributed by atoms with Crippen LogP contribution in [0.15, 0.2) is 0 Å². The molecule has 0 bridgehead atoms. The molecule has 0 unspecified atom stereocenters. The molecule has 0 atom stereocenters. The van der Waals surface area contributed by atoms with Gasteiger partial charge in [0.25, 0.3) is 0 Å². The van der Waals surface area contributed by atoms with E-state index < -0.39 is 0 Å². The zero-order valence-corrected chi connectivity index (χ0v) is 23.2. The summed E-state index contributed by atoms with van der Waals surface area (Å²) in [6.07, 6.45) is 0. The molecule has 5 nitrogen and oxygen atoms in total. The summed E-state index contributed by atoms with van der Waals surface area (Å²) < 4.78 is 0. The van der Waals surface area contributed by atoms with E-state index in [9.17, 15) is 0 Å². The maximum atomic E-state index is 4.81. The minimum absolute atomic E-state index is 0. The first-order valence-electron chi connectivity index (χ1n) is 9.08. The molecule has 1 aromatic heterocycles. The summed E-state index contributed by atoms with van der Waals surface area (Å²) >= 11 is 0. The van der Waals surface area contributed by atoms with Gasteiger partial charge in [0.2, 0.25) is 0 Å². The molecule has 0 aliphatic rings. The normalized spacial score (nSPS) is 10.9. The molecular formula is C21H45N5Zr. The van der Waals surface area contributed by atoms with Crippen LogP contribution in [0.3, 0.4) is 0 Å². The summed E-state index contributed by atoms with van der Waals surface area (Å²) in [5, 5.41) is 10.5. The Balaban J connectivity index is -0.000000224. The Hall–Kier alpha value is -0.0269. The van der Waals surface area contributed by atoms with Gasteiger partial charge in [-0.1, -0.05) is 79.5 Å². The van der Waals surface area contributed by atoms with Crippen LogP contribution in [-0.4, -0.2) is 47.3 Å². The molecule has 0 N–H and O–H groups in total. The topological polar surface area (TPSA) is 69.3 Å². The summed E-state index contributed by atoms with van der Waals surface area (Å²) in [5.74, 6) is 0.965. The van der Waals surface area contributed by atoms with Gasteiger partial charge >= 0.3 is 26.2 Å². The van der Waals surface area contributed by atoms with E-state index in [1.807, 2.05) is 0 Å². The van der Waals surface area contributed by atoms with Crippen molar-refractivity contribution in [2.45, 2.75) is 78.6 Å². The molecule has 0 aliphatic heterocycles. The molecule has 0 saturated heterocycles. The van der Waals surface area contributed by atoms with Gasteiger partial charge in [0, 0.05) is 0 Å². The molecular weight excluding hydrogens is 413 g/mol. The van der Waals surface area contributed by atoms with E-state index in [4.69, 9.17) is 9.97 Å². The van der Waals surface area contributed by atoms with Crippen LogP contribution in [0.4, 0.5) is 0 Å². The third-order valence-electron chi connectivity index (χ3n) is 2.75. The van der Waals surface area contributed by atoms with Gasteiger partial charge in [-0.25, -0.2) is 0 Å². The summed E-state index contributed by atoms with van der Waals surface area (Å²) in [5.41, 5.74) is 2.42. The Bertz CT molecular complexity index is 412. The SMILES string of the molecule is CC(C)(C)c1nc(C(C)(C)C)c(C(C)(C)C)[n-]1.C[N-]C.C[N-]C.C[N-]C.[Zr+4]. The van der Waals surface area contributed by atoms with Gasteiger partial charge in [-0.05, 0) is 16.2 Å². The van der Waals surface area contributed by atoms with E-state index >= 15 is 0 Å². The van der Waals surface area contributed by atoms with E-state index in [1.165, 1.54) is 0 Å². The largest absolute Gasteiger partial charge is 4.00 e. The third-order valence-corrected chi connectivity index (χ3v) is 2.75. The van der Waals surface area contributed by atoms with Crippen molar-refractivity contribution in [3.63, 3.8) is 0 Å². The molecule has 0 amide bonds. The van der Waals surface area contributed by atoms with Gasteiger partial charge in [0.1, 0.15) is 0 Å². The Kier molecular flexibility index (Phi) is 20.2. The van der Waals surface area contributed by atoms with Crippen molar-refractivity contribution < 1.29 is 26.2 Å². The molecule has 0 spiro atoms. The monoisotopic (exact) mass is 457 g/mol. The third kappa shape index (κ3) is 16.6. The van der Waals surface area contributed by atoms with Gasteiger partial charge in [-0.15, -0.1) is 0 Å². The maximum absolute atomic E-state index is 4.81. The second-order valence-corrected chi connectivity index (χ2v) is 9.34. The van der Waals surface area contributed by atoms with Crippen molar-refractivity contribution in [1.82, 2.24) is 9.97 Å². The van der Waals surface area contributed by atoms with Gasteiger partial charge in [0.15, 0.2) is 0 Å². The van der Waals surface area contributed by atoms with E-state index in [-0.39, 0.29) is 42.4 Å². The Morgan fingerprint density at radius 1 is 0.593 bits per heavy atom. The minimum Gasteiger partial charge on any atom is -0.668 e. The van der Waals surface area contributed by atoms with Crippen LogP contribution in [0.1, 0.15) is 79.5 Å². The number of aromatic nitrogens is 2. The van der Waals surface area contributed by atoms with Gasteiger partial charge in [0.05, 0.1) is 0 Å². The number of rotatable bonds is 0. The Labute approximate surface area is 189 Å². The molecule has 0 radical (unpaired) electrons. The van der Waals surface area contributed by atoms with Crippen LogP contribution >= 0.6 is 0 Å². The molecule has 6 heteroatoms. The van der Waals surface area contributed by atoms with Crippen LogP contribution in [0.2, 0.25) is 0 Å². The molecule has 0 fully saturated rings. The summed E-state index contributed by atoms with van der Waals surface area (Å²) in [7, 11) is 10.5. The summed E-state index contributed by atoms with van der Waals surface area (Å²) in [6.45, 7) is 19.7. The predicted molar refractivity (Wildman–Crippen MR) is 119 cm³/mol. The average Bonchev–Trinajstić information content (AvgIpc) is 2.86. The second kappa shape index (κ2) is 15.8. The van der Waals surface area contributed by atoms with Crippen molar-refractivity contribution >= 4 is 0 Å². The fraction of sp³-hybridized carbons (Fsp3) is 0.857. The number of imidazole rings is 1. The molecule has 0 aliphatic carbocycles. The zero-order chi connectivity index (χ0) is 21.8. The van der Waals surface area contributed by atoms with E-state index in [2.05, 4.69) is 78.3 Å². The molecule has 1 aromatic rings. The Morgan fingerprint density at radius 2 is 0.889 bits per heavy atom. The zero-order valence-electron chi connectivity index (χ0n) is 20.7. The summed E-state index contributed by atoms with van der Waals surface area (Å²) in [4.78, 5) is 9.62. The van der Waals surface area contributed by atoms with Crippen molar-refractivity contribution in [3.05, 3.63) is 33.2 Å². The number of hydrogen-bond acceptors (Lipinski definition) is 1. The molecule has 158 valence electrons. The van der Waals surface area contributed by atoms with Crippen molar-refractivity contribution in [2.24, 2.45) is 0 Å². The van der Waals surface area contributed by atoms with E-state index in [1.54, 1.807) is 42.3 Å². The number of hydrogen-bond donors (Lipinski definition) is 0. The number of nitrogens with zero attached hydrogens (tertiary/aromatic N) is 5. The maximum Gasteiger partial charge on any atom is 4.00 e. The van der Waals surface area contributed by atoms with Crippen LogP contribution in [0.5, 0.6) is 0 Å². The van der Waals surface area contributed by atoms with Crippen molar-refractivity contribution in [2.75, 3.05) is 42.3 Å².